The molecule has 0 atom stereocenters. The minimum absolute atomic E-state index is 0.0899. The van der Waals surface area contributed by atoms with Crippen LogP contribution in [0.2, 0.25) is 0 Å². The number of aromatic nitrogens is 1. The summed E-state index contributed by atoms with van der Waals surface area (Å²) in [5.41, 5.74) is 4.37. The second-order valence-electron chi connectivity index (χ2n) is 10.6. The highest BCUT2D eigenvalue weighted by Crippen LogP contribution is 2.26. The zero-order valence-electron chi connectivity index (χ0n) is 25.1. The molecule has 0 saturated carbocycles. The Labute approximate surface area is 275 Å². The lowest BCUT2D eigenvalue weighted by Gasteiger charge is -2.12. The van der Waals surface area contributed by atoms with Crippen LogP contribution in [0.3, 0.4) is 0 Å². The van der Waals surface area contributed by atoms with Crippen molar-refractivity contribution in [1.29, 1.82) is 0 Å². The summed E-state index contributed by atoms with van der Waals surface area (Å²) < 4.78 is 13.2. The molecule has 0 fully saturated rings. The molecule has 0 radical (unpaired) electrons. The molecule has 1 heterocycles. The first kappa shape index (κ1) is 32.3. The maximum atomic E-state index is 13.5. The van der Waals surface area contributed by atoms with Crippen molar-refractivity contribution in [1.82, 2.24) is 10.3 Å². The van der Waals surface area contributed by atoms with Crippen molar-refractivity contribution in [3.8, 4) is 11.3 Å². The minimum Gasteiger partial charge on any atom is -0.321 e. The highest BCUT2D eigenvalue weighted by molar-refractivity contribution is 8.00. The lowest BCUT2D eigenvalue weighted by molar-refractivity contribution is -0.114. The third-order valence-electron chi connectivity index (χ3n) is 6.80. The normalized spacial score (nSPS) is 11.3. The van der Waals surface area contributed by atoms with Gasteiger partial charge in [-0.3, -0.25) is 14.4 Å². The first-order chi connectivity index (χ1) is 22.2. The molecular weight excluding hydrogens is 620 g/mol. The molecule has 4 aromatic carbocycles. The number of rotatable bonds is 11. The van der Waals surface area contributed by atoms with E-state index in [0.29, 0.717) is 28.0 Å². The van der Waals surface area contributed by atoms with Gasteiger partial charge in [-0.15, -0.1) is 23.1 Å². The highest BCUT2D eigenvalue weighted by Gasteiger charge is 2.16. The minimum atomic E-state index is -0.488. The molecule has 7 nitrogen and oxygen atoms in total. The van der Waals surface area contributed by atoms with Crippen molar-refractivity contribution in [2.24, 2.45) is 0 Å². The van der Waals surface area contributed by atoms with E-state index in [0.717, 1.165) is 16.0 Å². The summed E-state index contributed by atoms with van der Waals surface area (Å²) in [7, 11) is 0. The van der Waals surface area contributed by atoms with Crippen LogP contribution in [0.4, 0.5) is 15.2 Å². The molecule has 3 amide bonds. The van der Waals surface area contributed by atoms with Crippen LogP contribution in [-0.2, 0) is 9.59 Å². The van der Waals surface area contributed by atoms with E-state index in [4.69, 9.17) is 0 Å². The van der Waals surface area contributed by atoms with E-state index in [1.807, 2.05) is 36.4 Å². The molecule has 0 unspecified atom stereocenters. The fraction of sp³-hybridized carbons (Fsp3) is 0.111. The largest absolute Gasteiger partial charge is 0.321 e. The van der Waals surface area contributed by atoms with Crippen LogP contribution in [0.15, 0.2) is 119 Å². The van der Waals surface area contributed by atoms with Gasteiger partial charge in [-0.1, -0.05) is 62.4 Å². The summed E-state index contributed by atoms with van der Waals surface area (Å²) in [5.74, 6) is -0.973. The summed E-state index contributed by atoms with van der Waals surface area (Å²) >= 11 is 2.59. The van der Waals surface area contributed by atoms with Gasteiger partial charge in [0.15, 0.2) is 5.13 Å². The van der Waals surface area contributed by atoms with Gasteiger partial charge in [0.05, 0.1) is 11.4 Å². The average molecular weight is 651 g/mol. The van der Waals surface area contributed by atoms with Gasteiger partial charge in [0, 0.05) is 27.1 Å². The van der Waals surface area contributed by atoms with Crippen molar-refractivity contribution < 1.29 is 18.8 Å². The molecule has 46 heavy (non-hydrogen) atoms. The van der Waals surface area contributed by atoms with Crippen LogP contribution in [0.25, 0.3) is 17.3 Å². The standard InChI is InChI=1S/C36H31FN4O3S2/c1-23(2)25-13-11-24(12-14-25)19-31(39-34(43)27-7-4-3-5-8-27)35(44)38-29-9-6-10-30(20-29)45-22-33(42)41-36-40-32(21-46-36)26-15-17-28(37)18-16-26/h3-21,23H,22H2,1-2H3,(H,38,44)(H,39,43)(H,40,41,42)/b31-19+. The van der Waals surface area contributed by atoms with Crippen LogP contribution < -0.4 is 16.0 Å². The Bertz CT molecular complexity index is 1850. The summed E-state index contributed by atoms with van der Waals surface area (Å²) in [5, 5.41) is 10.7. The second-order valence-corrected chi connectivity index (χ2v) is 12.5. The SMILES string of the molecule is CC(C)c1ccc(/C=C(/NC(=O)c2ccccc2)C(=O)Nc2cccc(SCC(=O)Nc3nc(-c4ccc(F)cc4)cs3)c2)cc1. The van der Waals surface area contributed by atoms with Crippen molar-refractivity contribution >= 4 is 57.7 Å². The third kappa shape index (κ3) is 8.99. The Morgan fingerprint density at radius 2 is 1.63 bits per heavy atom. The van der Waals surface area contributed by atoms with E-state index in [2.05, 4.69) is 34.8 Å². The lowest BCUT2D eigenvalue weighted by Crippen LogP contribution is -2.30. The Morgan fingerprint density at radius 1 is 0.891 bits per heavy atom. The number of anilines is 2. The molecule has 0 aliphatic heterocycles. The first-order valence-corrected chi connectivity index (χ1v) is 16.3. The quantitative estimate of drug-likeness (QED) is 0.0989. The number of carbonyl (C=O) groups is 3. The first-order valence-electron chi connectivity index (χ1n) is 14.5. The molecule has 0 aliphatic carbocycles. The Kier molecular flexibility index (Phi) is 10.7. The van der Waals surface area contributed by atoms with Crippen molar-refractivity contribution in [2.75, 3.05) is 16.4 Å². The van der Waals surface area contributed by atoms with Gasteiger partial charge in [-0.2, -0.15) is 0 Å². The number of benzene rings is 4. The second kappa shape index (κ2) is 15.3. The zero-order chi connectivity index (χ0) is 32.5. The molecule has 232 valence electrons. The van der Waals surface area contributed by atoms with Gasteiger partial charge in [0.2, 0.25) is 5.91 Å². The molecule has 1 aromatic heterocycles. The monoisotopic (exact) mass is 650 g/mol. The predicted octanol–water partition coefficient (Wildman–Crippen LogP) is 8.21. The summed E-state index contributed by atoms with van der Waals surface area (Å²) in [6.07, 6.45) is 1.64. The predicted molar refractivity (Wildman–Crippen MR) is 184 cm³/mol. The van der Waals surface area contributed by atoms with E-state index in [-0.39, 0.29) is 23.2 Å². The van der Waals surface area contributed by atoms with E-state index in [1.165, 1.54) is 40.8 Å². The third-order valence-corrected chi connectivity index (χ3v) is 8.55. The molecule has 0 aliphatic rings. The zero-order valence-corrected chi connectivity index (χ0v) is 26.8. The Balaban J connectivity index is 1.23. The molecule has 3 N–H and O–H groups in total. The van der Waals surface area contributed by atoms with Gasteiger partial charge in [0.25, 0.3) is 11.8 Å². The van der Waals surface area contributed by atoms with Gasteiger partial charge in [0.1, 0.15) is 11.5 Å². The smallest absolute Gasteiger partial charge is 0.272 e. The summed E-state index contributed by atoms with van der Waals surface area (Å²) in [4.78, 5) is 44.3. The van der Waals surface area contributed by atoms with Crippen LogP contribution in [-0.4, -0.2) is 28.5 Å². The van der Waals surface area contributed by atoms with Crippen LogP contribution in [0.5, 0.6) is 0 Å². The van der Waals surface area contributed by atoms with E-state index < -0.39 is 11.8 Å². The average Bonchev–Trinajstić information content (AvgIpc) is 3.53. The number of thiazole rings is 1. The number of carbonyl (C=O) groups excluding carboxylic acids is 3. The van der Waals surface area contributed by atoms with Crippen molar-refractivity contribution in [3.63, 3.8) is 0 Å². The number of nitrogens with zero attached hydrogens (tertiary/aromatic N) is 1. The van der Waals surface area contributed by atoms with E-state index >= 15 is 0 Å². The summed E-state index contributed by atoms with van der Waals surface area (Å²) in [6, 6.07) is 29.6. The maximum absolute atomic E-state index is 13.5. The molecule has 0 bridgehead atoms. The number of hydrogen-bond acceptors (Lipinski definition) is 6. The Hall–Kier alpha value is -5.06. The van der Waals surface area contributed by atoms with Crippen LogP contribution in [0, 0.1) is 5.82 Å². The fourth-order valence-corrected chi connectivity index (χ4v) is 5.83. The molecule has 0 saturated heterocycles. The highest BCUT2D eigenvalue weighted by atomic mass is 32.2. The number of amides is 3. The number of thioether (sulfide) groups is 1. The lowest BCUT2D eigenvalue weighted by atomic mass is 10.0. The number of nitrogens with one attached hydrogen (secondary N) is 3. The molecular formula is C36H31FN4O3S2. The number of halogens is 1. The van der Waals surface area contributed by atoms with Crippen LogP contribution in [0.1, 0.15) is 41.3 Å². The van der Waals surface area contributed by atoms with Crippen LogP contribution >= 0.6 is 23.1 Å². The summed E-state index contributed by atoms with van der Waals surface area (Å²) in [6.45, 7) is 4.21. The maximum Gasteiger partial charge on any atom is 0.272 e. The van der Waals surface area contributed by atoms with E-state index in [1.54, 1.807) is 66.1 Å². The van der Waals surface area contributed by atoms with Gasteiger partial charge in [-0.25, -0.2) is 9.37 Å². The number of hydrogen-bond donors (Lipinski definition) is 3. The van der Waals surface area contributed by atoms with Gasteiger partial charge >= 0.3 is 0 Å². The topological polar surface area (TPSA) is 100 Å². The molecule has 0 spiro atoms. The van der Waals surface area contributed by atoms with Crippen molar-refractivity contribution in [2.45, 2.75) is 24.7 Å². The Morgan fingerprint density at radius 3 is 2.35 bits per heavy atom. The van der Waals surface area contributed by atoms with Gasteiger partial charge < -0.3 is 16.0 Å². The van der Waals surface area contributed by atoms with Crippen molar-refractivity contribution in [3.05, 3.63) is 137 Å². The van der Waals surface area contributed by atoms with Gasteiger partial charge in [-0.05, 0) is 77.7 Å². The fourth-order valence-electron chi connectivity index (χ4n) is 4.34. The molecule has 5 rings (SSSR count). The molecule has 5 aromatic rings. The molecule has 10 heteroatoms. The van der Waals surface area contributed by atoms with E-state index in [9.17, 15) is 18.8 Å².